The third-order valence-corrected chi connectivity index (χ3v) is 8.15. The van der Waals surface area contributed by atoms with E-state index in [4.69, 9.17) is 14.5 Å². The molecule has 0 saturated heterocycles. The maximum atomic E-state index is 13.9. The molecule has 188 valence electrons. The Morgan fingerprint density at radius 2 is 1.86 bits per heavy atom. The van der Waals surface area contributed by atoms with E-state index in [1.165, 1.54) is 11.3 Å². The first-order valence-electron chi connectivity index (χ1n) is 11.6. The Kier molecular flexibility index (Phi) is 6.82. The maximum absolute atomic E-state index is 13.9. The van der Waals surface area contributed by atoms with E-state index in [1.54, 1.807) is 49.2 Å². The Morgan fingerprint density at radius 1 is 1.08 bits per heavy atom. The number of nitrogens with zero attached hydrogens (tertiary/aromatic N) is 2. The first-order valence-corrected chi connectivity index (χ1v) is 13.3. The van der Waals surface area contributed by atoms with Gasteiger partial charge in [-0.05, 0) is 61.2 Å². The SMILES string of the molecule is COc1ccc([C@H]2C(C(=O)Nc3ccccc3)=C(C)N=c3s/c(=C\c4sccc4C)c(=O)n32)c(OC)c1. The van der Waals surface area contributed by atoms with Crippen LogP contribution in [0.3, 0.4) is 0 Å². The summed E-state index contributed by atoms with van der Waals surface area (Å²) in [6, 6.07) is 15.9. The lowest BCUT2D eigenvalue weighted by atomic mass is 9.94. The summed E-state index contributed by atoms with van der Waals surface area (Å²) in [5, 5.41) is 4.96. The molecule has 1 amide bonds. The molecule has 1 aliphatic heterocycles. The number of allylic oxidation sites excluding steroid dienone is 1. The first kappa shape index (κ1) is 24.7. The van der Waals surface area contributed by atoms with Crippen LogP contribution in [0.4, 0.5) is 5.69 Å². The predicted molar refractivity (Wildman–Crippen MR) is 147 cm³/mol. The summed E-state index contributed by atoms with van der Waals surface area (Å²) in [5.41, 5.74) is 3.12. The van der Waals surface area contributed by atoms with Gasteiger partial charge in [-0.3, -0.25) is 14.2 Å². The number of hydrogen-bond acceptors (Lipinski definition) is 7. The molecule has 0 bridgehead atoms. The molecular formula is C28H25N3O4S2. The van der Waals surface area contributed by atoms with Crippen LogP contribution in [0.15, 0.2) is 81.0 Å². The molecule has 3 heterocycles. The van der Waals surface area contributed by atoms with Gasteiger partial charge in [-0.25, -0.2) is 4.99 Å². The van der Waals surface area contributed by atoms with E-state index in [2.05, 4.69) is 5.32 Å². The number of benzene rings is 2. The number of para-hydroxylation sites is 1. The first-order chi connectivity index (χ1) is 17.9. The number of ether oxygens (including phenoxy) is 2. The van der Waals surface area contributed by atoms with Crippen molar-refractivity contribution in [3.8, 4) is 11.5 Å². The highest BCUT2D eigenvalue weighted by Gasteiger charge is 2.34. The van der Waals surface area contributed by atoms with Crippen LogP contribution in [0, 0.1) is 6.92 Å². The quantitative estimate of drug-likeness (QED) is 0.403. The normalized spacial score (nSPS) is 15.2. The zero-order chi connectivity index (χ0) is 26.1. The molecule has 0 radical (unpaired) electrons. The van der Waals surface area contributed by atoms with Gasteiger partial charge >= 0.3 is 0 Å². The average Bonchev–Trinajstić information content (AvgIpc) is 3.45. The number of fused-ring (bicyclic) bond motifs is 1. The fourth-order valence-corrected chi connectivity index (χ4v) is 6.28. The van der Waals surface area contributed by atoms with Crippen molar-refractivity contribution >= 4 is 40.3 Å². The minimum absolute atomic E-state index is 0.211. The summed E-state index contributed by atoms with van der Waals surface area (Å²) in [6.07, 6.45) is 1.90. The fraction of sp³-hybridized carbons (Fsp3) is 0.179. The van der Waals surface area contributed by atoms with Gasteiger partial charge in [0.05, 0.1) is 30.0 Å². The fourth-order valence-electron chi connectivity index (χ4n) is 4.32. The molecule has 0 fully saturated rings. The van der Waals surface area contributed by atoms with Crippen LogP contribution in [-0.2, 0) is 4.79 Å². The minimum Gasteiger partial charge on any atom is -0.497 e. The van der Waals surface area contributed by atoms with E-state index in [-0.39, 0.29) is 11.5 Å². The number of amides is 1. The van der Waals surface area contributed by atoms with Crippen molar-refractivity contribution in [2.75, 3.05) is 19.5 Å². The van der Waals surface area contributed by atoms with Crippen LogP contribution in [0.2, 0.25) is 0 Å². The molecule has 1 N–H and O–H groups in total. The highest BCUT2D eigenvalue weighted by molar-refractivity contribution is 7.11. The number of hydrogen-bond donors (Lipinski definition) is 1. The van der Waals surface area contributed by atoms with Gasteiger partial charge in [-0.15, -0.1) is 11.3 Å². The Labute approximate surface area is 221 Å². The van der Waals surface area contributed by atoms with Gasteiger partial charge in [0.25, 0.3) is 11.5 Å². The van der Waals surface area contributed by atoms with Gasteiger partial charge in [0.15, 0.2) is 4.80 Å². The van der Waals surface area contributed by atoms with Crippen LogP contribution in [0.1, 0.15) is 29.0 Å². The van der Waals surface area contributed by atoms with Gasteiger partial charge in [0.1, 0.15) is 17.5 Å². The molecule has 9 heteroatoms. The van der Waals surface area contributed by atoms with Crippen LogP contribution >= 0.6 is 22.7 Å². The average molecular weight is 532 g/mol. The van der Waals surface area contributed by atoms with Crippen LogP contribution in [0.25, 0.3) is 6.08 Å². The zero-order valence-electron chi connectivity index (χ0n) is 20.8. The number of thiazole rings is 1. The Balaban J connectivity index is 1.73. The topological polar surface area (TPSA) is 81.9 Å². The summed E-state index contributed by atoms with van der Waals surface area (Å²) in [6.45, 7) is 3.81. The molecule has 4 aromatic rings. The number of thiophene rings is 1. The van der Waals surface area contributed by atoms with Crippen molar-refractivity contribution in [2.45, 2.75) is 19.9 Å². The molecule has 2 aromatic heterocycles. The molecule has 1 atom stereocenters. The van der Waals surface area contributed by atoms with Crippen molar-refractivity contribution in [3.63, 3.8) is 0 Å². The van der Waals surface area contributed by atoms with Gasteiger partial charge in [-0.2, -0.15) is 0 Å². The van der Waals surface area contributed by atoms with Crippen molar-refractivity contribution in [1.82, 2.24) is 4.57 Å². The smallest absolute Gasteiger partial charge is 0.271 e. The van der Waals surface area contributed by atoms with Gasteiger partial charge in [0.2, 0.25) is 0 Å². The number of aromatic nitrogens is 1. The van der Waals surface area contributed by atoms with E-state index >= 15 is 0 Å². The third-order valence-electron chi connectivity index (χ3n) is 6.20. The van der Waals surface area contributed by atoms with Crippen molar-refractivity contribution in [2.24, 2.45) is 4.99 Å². The van der Waals surface area contributed by atoms with Gasteiger partial charge in [0, 0.05) is 22.2 Å². The van der Waals surface area contributed by atoms with E-state index in [0.717, 1.165) is 10.4 Å². The van der Waals surface area contributed by atoms with E-state index in [9.17, 15) is 9.59 Å². The van der Waals surface area contributed by atoms with E-state index < -0.39 is 6.04 Å². The molecular weight excluding hydrogens is 506 g/mol. The number of anilines is 1. The zero-order valence-corrected chi connectivity index (χ0v) is 22.4. The van der Waals surface area contributed by atoms with Crippen LogP contribution < -0.4 is 29.7 Å². The summed E-state index contributed by atoms with van der Waals surface area (Å²) in [4.78, 5) is 33.8. The molecule has 7 nitrogen and oxygen atoms in total. The molecule has 0 unspecified atom stereocenters. The molecule has 0 spiro atoms. The number of carbonyl (C=O) groups excluding carboxylic acids is 1. The summed E-state index contributed by atoms with van der Waals surface area (Å²) in [7, 11) is 3.13. The lowest BCUT2D eigenvalue weighted by Gasteiger charge is -2.26. The second kappa shape index (κ2) is 10.2. The van der Waals surface area contributed by atoms with Crippen LogP contribution in [-0.4, -0.2) is 24.7 Å². The Morgan fingerprint density at radius 3 is 2.54 bits per heavy atom. The van der Waals surface area contributed by atoms with E-state index in [0.29, 0.717) is 43.4 Å². The number of rotatable bonds is 6. The largest absolute Gasteiger partial charge is 0.497 e. The Bertz CT molecular complexity index is 1700. The second-order valence-electron chi connectivity index (χ2n) is 8.48. The third kappa shape index (κ3) is 4.63. The minimum atomic E-state index is -0.743. The summed E-state index contributed by atoms with van der Waals surface area (Å²) >= 11 is 2.89. The summed E-state index contributed by atoms with van der Waals surface area (Å²) < 4.78 is 13.2. The number of carbonyl (C=O) groups is 1. The second-order valence-corrected chi connectivity index (χ2v) is 10.4. The maximum Gasteiger partial charge on any atom is 0.271 e. The molecule has 1 aliphatic rings. The number of aryl methyl sites for hydroxylation is 1. The molecule has 2 aromatic carbocycles. The predicted octanol–water partition coefficient (Wildman–Crippen LogP) is 4.26. The lowest BCUT2D eigenvalue weighted by molar-refractivity contribution is -0.113. The molecule has 0 saturated carbocycles. The molecule has 37 heavy (non-hydrogen) atoms. The number of nitrogens with one attached hydrogen (secondary N) is 1. The van der Waals surface area contributed by atoms with Gasteiger partial charge in [-0.1, -0.05) is 29.5 Å². The van der Waals surface area contributed by atoms with Gasteiger partial charge < -0.3 is 14.8 Å². The monoisotopic (exact) mass is 531 g/mol. The van der Waals surface area contributed by atoms with Crippen molar-refractivity contribution in [3.05, 3.63) is 107 Å². The molecule has 5 rings (SSSR count). The van der Waals surface area contributed by atoms with Crippen molar-refractivity contribution < 1.29 is 14.3 Å². The van der Waals surface area contributed by atoms with E-state index in [1.807, 2.05) is 60.8 Å². The Hall–Kier alpha value is -3.95. The lowest BCUT2D eigenvalue weighted by Crippen LogP contribution is -2.40. The standard InChI is InChI=1S/C28H25N3O4S2/c1-16-12-13-36-22(16)15-23-27(33)31-25(20-11-10-19(34-3)14-21(20)35-4)24(17(2)29-28(31)37-23)26(32)30-18-8-6-5-7-9-18/h5-15,25H,1-4H3,(H,30,32)/b23-15-/t25-/m0/s1. The van der Waals surface area contributed by atoms with Crippen molar-refractivity contribution in [1.29, 1.82) is 0 Å². The number of methoxy groups -OCH3 is 2. The van der Waals surface area contributed by atoms with Crippen LogP contribution in [0.5, 0.6) is 11.5 Å². The summed E-state index contributed by atoms with van der Waals surface area (Å²) in [5.74, 6) is 0.781. The highest BCUT2D eigenvalue weighted by atomic mass is 32.1. The highest BCUT2D eigenvalue weighted by Crippen LogP contribution is 2.37. The molecule has 0 aliphatic carbocycles.